The van der Waals surface area contributed by atoms with E-state index in [2.05, 4.69) is 9.97 Å². The summed E-state index contributed by atoms with van der Waals surface area (Å²) in [7, 11) is 0. The lowest BCUT2D eigenvalue weighted by Gasteiger charge is -1.99. The molecule has 0 saturated heterocycles. The van der Waals surface area contributed by atoms with Crippen LogP contribution < -0.4 is 5.73 Å². The van der Waals surface area contributed by atoms with E-state index in [0.29, 0.717) is 6.54 Å². The Bertz CT molecular complexity index is 191. The molecule has 0 atom stereocenters. The molecule has 1 aromatic heterocycles. The summed E-state index contributed by atoms with van der Waals surface area (Å²) in [6, 6.07) is 0. The summed E-state index contributed by atoms with van der Waals surface area (Å²) < 4.78 is 0. The molecule has 54 valence electrons. The van der Waals surface area contributed by atoms with Crippen molar-refractivity contribution in [3.05, 3.63) is 18.1 Å². The highest BCUT2D eigenvalue weighted by Gasteiger charge is 1.97. The number of hydrogen-bond acceptors (Lipinski definition) is 4. The molecule has 0 aliphatic rings. The van der Waals surface area contributed by atoms with Crippen LogP contribution in [0.4, 0.5) is 0 Å². The normalized spacial score (nSPS) is 9.80. The van der Waals surface area contributed by atoms with Crippen molar-refractivity contribution >= 4 is 11.8 Å². The van der Waals surface area contributed by atoms with Crippen LogP contribution in [-0.2, 0) is 6.54 Å². The van der Waals surface area contributed by atoms with E-state index in [1.54, 1.807) is 18.0 Å². The van der Waals surface area contributed by atoms with E-state index in [1.807, 2.05) is 6.26 Å². The lowest BCUT2D eigenvalue weighted by atomic mass is 10.3. The van der Waals surface area contributed by atoms with Crippen molar-refractivity contribution in [2.45, 2.75) is 11.6 Å². The fourth-order valence-corrected chi connectivity index (χ4v) is 1.22. The van der Waals surface area contributed by atoms with Gasteiger partial charge in [-0.25, -0.2) is 9.97 Å². The highest BCUT2D eigenvalue weighted by atomic mass is 32.2. The highest BCUT2D eigenvalue weighted by molar-refractivity contribution is 7.98. The smallest absolute Gasteiger partial charge is 0.116 e. The zero-order valence-electron chi connectivity index (χ0n) is 5.74. The average Bonchev–Trinajstić information content (AvgIpc) is 2.04. The number of nitrogens with zero attached hydrogens (tertiary/aromatic N) is 2. The zero-order valence-corrected chi connectivity index (χ0v) is 6.56. The maximum absolute atomic E-state index is 5.43. The van der Waals surface area contributed by atoms with Crippen LogP contribution in [0, 0.1) is 0 Å². The molecule has 0 amide bonds. The molecule has 2 N–H and O–H groups in total. The predicted molar refractivity (Wildman–Crippen MR) is 41.7 cm³/mol. The van der Waals surface area contributed by atoms with Gasteiger partial charge < -0.3 is 5.73 Å². The van der Waals surface area contributed by atoms with Gasteiger partial charge >= 0.3 is 0 Å². The van der Waals surface area contributed by atoms with Crippen LogP contribution in [-0.4, -0.2) is 16.2 Å². The molecule has 0 aromatic carbocycles. The first-order valence-corrected chi connectivity index (χ1v) is 4.14. The second-order valence-corrected chi connectivity index (χ2v) is 2.56. The van der Waals surface area contributed by atoms with Crippen LogP contribution in [0.15, 0.2) is 17.6 Å². The molecular weight excluding hydrogens is 146 g/mol. The number of thioether (sulfide) groups is 1. The summed E-state index contributed by atoms with van der Waals surface area (Å²) in [5.74, 6) is 0. The van der Waals surface area contributed by atoms with Crippen molar-refractivity contribution in [3.8, 4) is 0 Å². The summed E-state index contributed by atoms with van der Waals surface area (Å²) in [6.07, 6.45) is 5.26. The minimum Gasteiger partial charge on any atom is -0.326 e. The molecule has 4 heteroatoms. The molecule has 0 spiro atoms. The van der Waals surface area contributed by atoms with E-state index in [1.165, 1.54) is 6.33 Å². The summed E-state index contributed by atoms with van der Waals surface area (Å²) >= 11 is 1.59. The van der Waals surface area contributed by atoms with Gasteiger partial charge in [-0.2, -0.15) is 0 Å². The third kappa shape index (κ3) is 1.46. The van der Waals surface area contributed by atoms with Crippen molar-refractivity contribution in [1.82, 2.24) is 9.97 Å². The summed E-state index contributed by atoms with van der Waals surface area (Å²) in [4.78, 5) is 7.90. The van der Waals surface area contributed by atoms with E-state index in [-0.39, 0.29) is 0 Å². The van der Waals surface area contributed by atoms with E-state index >= 15 is 0 Å². The number of rotatable bonds is 2. The van der Waals surface area contributed by atoms with Crippen molar-refractivity contribution in [1.29, 1.82) is 0 Å². The first-order valence-electron chi connectivity index (χ1n) is 2.91. The standard InChI is InChI=1S/C6H9N3S/c1-10-6-5(2-7)3-8-4-9-6/h3-4H,2,7H2,1H3. The summed E-state index contributed by atoms with van der Waals surface area (Å²) in [6.45, 7) is 0.511. The molecule has 0 aliphatic carbocycles. The van der Waals surface area contributed by atoms with Crippen LogP contribution >= 0.6 is 11.8 Å². The van der Waals surface area contributed by atoms with Crippen molar-refractivity contribution in [3.63, 3.8) is 0 Å². The molecule has 0 fully saturated rings. The molecule has 0 aliphatic heterocycles. The summed E-state index contributed by atoms with van der Waals surface area (Å²) in [5, 5.41) is 0.970. The number of aromatic nitrogens is 2. The van der Waals surface area contributed by atoms with Crippen molar-refractivity contribution < 1.29 is 0 Å². The third-order valence-corrected chi connectivity index (χ3v) is 1.91. The van der Waals surface area contributed by atoms with Gasteiger partial charge in [0, 0.05) is 18.3 Å². The highest BCUT2D eigenvalue weighted by Crippen LogP contribution is 2.14. The minimum atomic E-state index is 0.511. The van der Waals surface area contributed by atoms with Gasteiger partial charge in [0.25, 0.3) is 0 Å². The Hall–Kier alpha value is -0.610. The van der Waals surface area contributed by atoms with Gasteiger partial charge in [0.05, 0.1) is 0 Å². The fraction of sp³-hybridized carbons (Fsp3) is 0.333. The Balaban J connectivity index is 2.96. The van der Waals surface area contributed by atoms with Crippen molar-refractivity contribution in [2.24, 2.45) is 5.73 Å². The van der Waals surface area contributed by atoms with Gasteiger partial charge in [-0.15, -0.1) is 11.8 Å². The Labute approximate surface area is 64.1 Å². The molecule has 1 aromatic rings. The minimum absolute atomic E-state index is 0.511. The first-order chi connectivity index (χ1) is 4.88. The van der Waals surface area contributed by atoms with Gasteiger partial charge in [0.1, 0.15) is 11.4 Å². The quantitative estimate of drug-likeness (QED) is 0.503. The molecule has 1 heterocycles. The SMILES string of the molecule is CSc1ncncc1CN. The van der Waals surface area contributed by atoms with Crippen LogP contribution in [0.5, 0.6) is 0 Å². The maximum atomic E-state index is 5.43. The van der Waals surface area contributed by atoms with Gasteiger partial charge in [-0.1, -0.05) is 0 Å². The van der Waals surface area contributed by atoms with E-state index in [9.17, 15) is 0 Å². The average molecular weight is 155 g/mol. The van der Waals surface area contributed by atoms with E-state index in [4.69, 9.17) is 5.73 Å². The maximum Gasteiger partial charge on any atom is 0.116 e. The van der Waals surface area contributed by atoms with Gasteiger partial charge in [-0.3, -0.25) is 0 Å². The number of hydrogen-bond donors (Lipinski definition) is 1. The Kier molecular flexibility index (Phi) is 2.65. The second-order valence-electron chi connectivity index (χ2n) is 1.76. The molecule has 1 rings (SSSR count). The predicted octanol–water partition coefficient (Wildman–Crippen LogP) is 0.657. The first kappa shape index (κ1) is 7.50. The Morgan fingerprint density at radius 2 is 2.50 bits per heavy atom. The second kappa shape index (κ2) is 3.53. The topological polar surface area (TPSA) is 51.8 Å². The molecule has 0 saturated carbocycles. The van der Waals surface area contributed by atoms with Crippen LogP contribution in [0.2, 0.25) is 0 Å². The number of nitrogens with two attached hydrogens (primary N) is 1. The van der Waals surface area contributed by atoms with E-state index in [0.717, 1.165) is 10.6 Å². The molecule has 10 heavy (non-hydrogen) atoms. The molecule has 3 nitrogen and oxygen atoms in total. The third-order valence-electron chi connectivity index (χ3n) is 1.16. The molecular formula is C6H9N3S. The lowest BCUT2D eigenvalue weighted by Crippen LogP contribution is -2.00. The summed E-state index contributed by atoms with van der Waals surface area (Å²) in [5.41, 5.74) is 6.44. The van der Waals surface area contributed by atoms with Gasteiger partial charge in [-0.05, 0) is 6.26 Å². The Morgan fingerprint density at radius 3 is 3.00 bits per heavy atom. The molecule has 0 unspecified atom stereocenters. The largest absolute Gasteiger partial charge is 0.326 e. The van der Waals surface area contributed by atoms with Crippen LogP contribution in [0.1, 0.15) is 5.56 Å². The fourth-order valence-electron chi connectivity index (χ4n) is 0.671. The molecule has 0 bridgehead atoms. The zero-order chi connectivity index (χ0) is 7.40. The Morgan fingerprint density at radius 1 is 1.70 bits per heavy atom. The molecule has 0 radical (unpaired) electrons. The van der Waals surface area contributed by atoms with Crippen LogP contribution in [0.25, 0.3) is 0 Å². The van der Waals surface area contributed by atoms with Crippen molar-refractivity contribution in [2.75, 3.05) is 6.26 Å². The van der Waals surface area contributed by atoms with E-state index < -0.39 is 0 Å². The van der Waals surface area contributed by atoms with Gasteiger partial charge in [0.2, 0.25) is 0 Å². The monoisotopic (exact) mass is 155 g/mol. The van der Waals surface area contributed by atoms with Gasteiger partial charge in [0.15, 0.2) is 0 Å². The van der Waals surface area contributed by atoms with Crippen LogP contribution in [0.3, 0.4) is 0 Å². The lowest BCUT2D eigenvalue weighted by molar-refractivity contribution is 0.923.